The Labute approximate surface area is 135 Å². The van der Waals surface area contributed by atoms with Crippen LogP contribution in [-0.4, -0.2) is 11.9 Å². The summed E-state index contributed by atoms with van der Waals surface area (Å²) in [5.41, 5.74) is 6.82. The topological polar surface area (TPSA) is 64.4 Å². The van der Waals surface area contributed by atoms with Crippen LogP contribution in [0.25, 0.3) is 0 Å². The quantitative estimate of drug-likeness (QED) is 0.822. The molecule has 1 atom stereocenters. The molecule has 2 aromatic rings. The molecule has 0 aliphatic rings. The molecule has 0 aromatic heterocycles. The van der Waals surface area contributed by atoms with E-state index in [2.05, 4.69) is 5.32 Å². The molecule has 0 heterocycles. The molecule has 5 heteroatoms. The molecular formula is C18H21FN2O2. The van der Waals surface area contributed by atoms with Crippen LogP contribution in [0.5, 0.6) is 5.75 Å². The third kappa shape index (κ3) is 5.71. The summed E-state index contributed by atoms with van der Waals surface area (Å²) in [6, 6.07) is 13.5. The molecule has 4 nitrogen and oxygen atoms in total. The van der Waals surface area contributed by atoms with Crippen molar-refractivity contribution in [1.29, 1.82) is 0 Å². The summed E-state index contributed by atoms with van der Waals surface area (Å²) in [6.45, 7) is 2.03. The fourth-order valence-corrected chi connectivity index (χ4v) is 1.99. The second-order valence-electron chi connectivity index (χ2n) is 5.47. The van der Waals surface area contributed by atoms with Crippen molar-refractivity contribution in [3.05, 3.63) is 59.9 Å². The molecule has 1 unspecified atom stereocenters. The van der Waals surface area contributed by atoms with E-state index in [0.717, 1.165) is 0 Å². The zero-order valence-electron chi connectivity index (χ0n) is 13.1. The lowest BCUT2D eigenvalue weighted by Crippen LogP contribution is -2.19. The molecule has 122 valence electrons. The number of hydrogen-bond acceptors (Lipinski definition) is 3. The molecule has 2 aromatic carbocycles. The van der Waals surface area contributed by atoms with Crippen molar-refractivity contribution in [1.82, 2.24) is 0 Å². The van der Waals surface area contributed by atoms with Gasteiger partial charge in [-0.3, -0.25) is 4.79 Å². The molecule has 0 saturated heterocycles. The fraction of sp³-hybridized carbons (Fsp3) is 0.278. The monoisotopic (exact) mass is 316 g/mol. The maximum absolute atomic E-state index is 13.5. The fourth-order valence-electron chi connectivity index (χ4n) is 1.99. The maximum atomic E-state index is 13.5. The Morgan fingerprint density at radius 2 is 1.91 bits per heavy atom. The number of nitrogens with one attached hydrogen (secondary N) is 1. The highest BCUT2D eigenvalue weighted by Gasteiger charge is 2.05. The number of halogens is 1. The summed E-state index contributed by atoms with van der Waals surface area (Å²) in [6.07, 6.45) is 1.04. The predicted molar refractivity (Wildman–Crippen MR) is 88.7 cm³/mol. The molecule has 0 radical (unpaired) electrons. The number of nitrogens with two attached hydrogens (primary N) is 1. The average molecular weight is 316 g/mol. The van der Waals surface area contributed by atoms with Crippen LogP contribution >= 0.6 is 0 Å². The molecule has 3 N–H and O–H groups in total. The van der Waals surface area contributed by atoms with Gasteiger partial charge < -0.3 is 15.8 Å². The third-order valence-electron chi connectivity index (χ3n) is 3.32. The standard InChI is InChI=1S/C18H21FN2O2/c1-13(20)6-11-18(22)21-15-7-9-16(10-8-15)23-12-14-4-2-3-5-17(14)19/h2-5,7-10,13H,6,11-12,20H2,1H3,(H,21,22). The molecule has 0 saturated carbocycles. The molecule has 23 heavy (non-hydrogen) atoms. The lowest BCUT2D eigenvalue weighted by Gasteiger charge is -2.09. The van der Waals surface area contributed by atoms with Crippen LogP contribution in [0.1, 0.15) is 25.3 Å². The Morgan fingerprint density at radius 1 is 1.22 bits per heavy atom. The lowest BCUT2D eigenvalue weighted by atomic mass is 10.2. The van der Waals surface area contributed by atoms with Gasteiger partial charge in [-0.15, -0.1) is 0 Å². The van der Waals surface area contributed by atoms with Gasteiger partial charge in [0.2, 0.25) is 5.91 Å². The minimum absolute atomic E-state index is 0.00917. The van der Waals surface area contributed by atoms with Crippen LogP contribution in [0.2, 0.25) is 0 Å². The number of amides is 1. The second kappa shape index (κ2) is 8.29. The van der Waals surface area contributed by atoms with Crippen molar-refractivity contribution in [2.75, 3.05) is 5.32 Å². The highest BCUT2D eigenvalue weighted by atomic mass is 19.1. The van der Waals surface area contributed by atoms with Gasteiger partial charge in [0.15, 0.2) is 0 Å². The number of ether oxygens (including phenoxy) is 1. The number of carbonyl (C=O) groups is 1. The van der Waals surface area contributed by atoms with E-state index in [1.165, 1.54) is 6.07 Å². The van der Waals surface area contributed by atoms with Gasteiger partial charge in [-0.25, -0.2) is 4.39 Å². The maximum Gasteiger partial charge on any atom is 0.224 e. The smallest absolute Gasteiger partial charge is 0.224 e. The number of hydrogen-bond donors (Lipinski definition) is 2. The minimum Gasteiger partial charge on any atom is -0.489 e. The van der Waals surface area contributed by atoms with Crippen LogP contribution < -0.4 is 15.8 Å². The predicted octanol–water partition coefficient (Wildman–Crippen LogP) is 3.47. The Hall–Kier alpha value is -2.40. The molecule has 0 aliphatic heterocycles. The van der Waals surface area contributed by atoms with Gasteiger partial charge in [0.25, 0.3) is 0 Å². The van der Waals surface area contributed by atoms with Crippen LogP contribution in [0, 0.1) is 5.82 Å². The van der Waals surface area contributed by atoms with Crippen LogP contribution in [0.3, 0.4) is 0 Å². The normalized spacial score (nSPS) is 11.8. The molecule has 2 rings (SSSR count). The SMILES string of the molecule is CC(N)CCC(=O)Nc1ccc(OCc2ccccc2F)cc1. The summed E-state index contributed by atoms with van der Waals surface area (Å²) in [4.78, 5) is 11.7. The minimum atomic E-state index is -0.287. The highest BCUT2D eigenvalue weighted by Crippen LogP contribution is 2.18. The molecule has 0 spiro atoms. The molecule has 0 fully saturated rings. The Morgan fingerprint density at radius 3 is 2.57 bits per heavy atom. The zero-order chi connectivity index (χ0) is 16.7. The van der Waals surface area contributed by atoms with Crippen molar-refractivity contribution in [2.24, 2.45) is 5.73 Å². The highest BCUT2D eigenvalue weighted by molar-refractivity contribution is 5.90. The van der Waals surface area contributed by atoms with E-state index in [1.54, 1.807) is 42.5 Å². The van der Waals surface area contributed by atoms with E-state index in [0.29, 0.717) is 29.8 Å². The Kier molecular flexibility index (Phi) is 6.11. The largest absolute Gasteiger partial charge is 0.489 e. The van der Waals surface area contributed by atoms with E-state index >= 15 is 0 Å². The van der Waals surface area contributed by atoms with E-state index in [1.807, 2.05) is 6.92 Å². The lowest BCUT2D eigenvalue weighted by molar-refractivity contribution is -0.116. The van der Waals surface area contributed by atoms with E-state index < -0.39 is 0 Å². The molecule has 0 bridgehead atoms. The van der Waals surface area contributed by atoms with Crippen molar-refractivity contribution in [3.8, 4) is 5.75 Å². The summed E-state index contributed by atoms with van der Waals surface area (Å²) in [5.74, 6) is 0.259. The first-order valence-corrected chi connectivity index (χ1v) is 7.56. The first kappa shape index (κ1) is 17.0. The number of anilines is 1. The van der Waals surface area contributed by atoms with E-state index in [4.69, 9.17) is 10.5 Å². The summed E-state index contributed by atoms with van der Waals surface area (Å²) < 4.78 is 19.0. The van der Waals surface area contributed by atoms with Gasteiger partial charge >= 0.3 is 0 Å². The first-order valence-electron chi connectivity index (χ1n) is 7.56. The van der Waals surface area contributed by atoms with E-state index in [9.17, 15) is 9.18 Å². The van der Waals surface area contributed by atoms with Gasteiger partial charge in [0.1, 0.15) is 18.2 Å². The molecule has 0 aliphatic carbocycles. The van der Waals surface area contributed by atoms with Crippen LogP contribution in [-0.2, 0) is 11.4 Å². The van der Waals surface area contributed by atoms with Crippen molar-refractivity contribution in [3.63, 3.8) is 0 Å². The zero-order valence-corrected chi connectivity index (χ0v) is 13.1. The van der Waals surface area contributed by atoms with Crippen molar-refractivity contribution in [2.45, 2.75) is 32.4 Å². The second-order valence-corrected chi connectivity index (χ2v) is 5.47. The average Bonchev–Trinajstić information content (AvgIpc) is 2.53. The van der Waals surface area contributed by atoms with Gasteiger partial charge in [0, 0.05) is 23.7 Å². The number of rotatable bonds is 7. The van der Waals surface area contributed by atoms with Crippen LogP contribution in [0.15, 0.2) is 48.5 Å². The van der Waals surface area contributed by atoms with Gasteiger partial charge in [0.05, 0.1) is 0 Å². The third-order valence-corrected chi connectivity index (χ3v) is 3.32. The summed E-state index contributed by atoms with van der Waals surface area (Å²) in [5, 5.41) is 2.80. The Balaban J connectivity index is 1.85. The first-order chi connectivity index (χ1) is 11.0. The summed E-state index contributed by atoms with van der Waals surface area (Å²) >= 11 is 0. The van der Waals surface area contributed by atoms with Crippen molar-refractivity contribution >= 4 is 11.6 Å². The Bertz CT molecular complexity index is 642. The molecule has 1 amide bonds. The number of benzene rings is 2. The van der Waals surface area contributed by atoms with Gasteiger partial charge in [-0.1, -0.05) is 18.2 Å². The van der Waals surface area contributed by atoms with Gasteiger partial charge in [-0.2, -0.15) is 0 Å². The van der Waals surface area contributed by atoms with Crippen LogP contribution in [0.4, 0.5) is 10.1 Å². The molecular weight excluding hydrogens is 295 g/mol. The van der Waals surface area contributed by atoms with Crippen molar-refractivity contribution < 1.29 is 13.9 Å². The number of carbonyl (C=O) groups excluding carboxylic acids is 1. The van der Waals surface area contributed by atoms with E-state index in [-0.39, 0.29) is 24.4 Å². The summed E-state index contributed by atoms with van der Waals surface area (Å²) in [7, 11) is 0. The van der Waals surface area contributed by atoms with Gasteiger partial charge in [-0.05, 0) is 43.7 Å².